The van der Waals surface area contributed by atoms with Gasteiger partial charge in [-0.2, -0.15) is 0 Å². The number of rotatable bonds is 4. The molecule has 0 saturated carbocycles. The quantitative estimate of drug-likeness (QED) is 0.849. The molecule has 0 atom stereocenters. The molecule has 0 radical (unpaired) electrons. The number of amides is 2. The molecule has 2 aromatic rings. The molecule has 126 valence electrons. The number of hydrogen-bond acceptors (Lipinski definition) is 5. The first-order valence-electron chi connectivity index (χ1n) is 8.02. The number of aryl methyl sites for hydroxylation is 1. The Hall–Kier alpha value is -2.28. The summed E-state index contributed by atoms with van der Waals surface area (Å²) in [4.78, 5) is 36.1. The van der Waals surface area contributed by atoms with Crippen LogP contribution in [0.15, 0.2) is 29.8 Å². The molecule has 1 aliphatic rings. The average Bonchev–Trinajstić information content (AvgIpc) is 3.09. The van der Waals surface area contributed by atoms with Gasteiger partial charge in [0.15, 0.2) is 0 Å². The fourth-order valence-corrected chi connectivity index (χ4v) is 3.49. The van der Waals surface area contributed by atoms with Crippen LogP contribution in [0.5, 0.6) is 0 Å². The summed E-state index contributed by atoms with van der Waals surface area (Å²) in [5.41, 5.74) is 1.71. The van der Waals surface area contributed by atoms with Gasteiger partial charge in [-0.25, -0.2) is 4.98 Å². The van der Waals surface area contributed by atoms with Crippen LogP contribution in [0, 0.1) is 0 Å². The predicted molar refractivity (Wildman–Crippen MR) is 92.5 cm³/mol. The molecular weight excluding hydrogens is 324 g/mol. The standard InChI is InChI=1S/C17H20N4O2S/c1-13(22)20-8-10-21(11-9-20)17(23)6-5-16-19-15(12-24-16)14-4-2-3-7-18-14/h2-4,7,12H,5-6,8-11H2,1H3. The van der Waals surface area contributed by atoms with Crippen molar-refractivity contribution in [1.29, 1.82) is 0 Å². The van der Waals surface area contributed by atoms with Crippen LogP contribution in [0.1, 0.15) is 18.4 Å². The molecule has 1 saturated heterocycles. The first-order valence-corrected chi connectivity index (χ1v) is 8.90. The molecule has 1 aliphatic heterocycles. The normalized spacial score (nSPS) is 14.7. The maximum Gasteiger partial charge on any atom is 0.223 e. The highest BCUT2D eigenvalue weighted by atomic mass is 32.1. The Labute approximate surface area is 145 Å². The van der Waals surface area contributed by atoms with Crippen molar-refractivity contribution in [3.05, 3.63) is 34.8 Å². The summed E-state index contributed by atoms with van der Waals surface area (Å²) >= 11 is 1.56. The van der Waals surface area contributed by atoms with Gasteiger partial charge >= 0.3 is 0 Å². The van der Waals surface area contributed by atoms with Gasteiger partial charge in [0.25, 0.3) is 0 Å². The second-order valence-electron chi connectivity index (χ2n) is 5.73. The van der Waals surface area contributed by atoms with E-state index in [1.54, 1.807) is 29.4 Å². The highest BCUT2D eigenvalue weighted by molar-refractivity contribution is 7.09. The number of piperazine rings is 1. The van der Waals surface area contributed by atoms with Crippen LogP contribution in [0.3, 0.4) is 0 Å². The molecule has 2 aromatic heterocycles. The summed E-state index contributed by atoms with van der Waals surface area (Å²) in [6, 6.07) is 5.74. The first-order chi connectivity index (χ1) is 11.6. The maximum absolute atomic E-state index is 12.3. The lowest BCUT2D eigenvalue weighted by Gasteiger charge is -2.34. The number of thiazole rings is 1. The molecule has 24 heavy (non-hydrogen) atoms. The Balaban J connectivity index is 1.50. The zero-order chi connectivity index (χ0) is 16.9. The number of aromatic nitrogens is 2. The third kappa shape index (κ3) is 3.97. The smallest absolute Gasteiger partial charge is 0.223 e. The monoisotopic (exact) mass is 344 g/mol. The molecule has 0 aromatic carbocycles. The fourth-order valence-electron chi connectivity index (χ4n) is 2.70. The van der Waals surface area contributed by atoms with Crippen LogP contribution in [0.25, 0.3) is 11.4 Å². The van der Waals surface area contributed by atoms with Crippen molar-refractivity contribution in [3.63, 3.8) is 0 Å². The largest absolute Gasteiger partial charge is 0.339 e. The van der Waals surface area contributed by atoms with Crippen LogP contribution >= 0.6 is 11.3 Å². The van der Waals surface area contributed by atoms with E-state index in [4.69, 9.17) is 0 Å². The van der Waals surface area contributed by atoms with Crippen molar-refractivity contribution in [2.24, 2.45) is 0 Å². The van der Waals surface area contributed by atoms with Crippen molar-refractivity contribution in [2.75, 3.05) is 26.2 Å². The molecule has 0 spiro atoms. The lowest BCUT2D eigenvalue weighted by atomic mass is 10.2. The number of nitrogens with zero attached hydrogens (tertiary/aromatic N) is 4. The molecule has 0 N–H and O–H groups in total. The minimum absolute atomic E-state index is 0.0759. The average molecular weight is 344 g/mol. The van der Waals surface area contributed by atoms with Gasteiger partial charge in [0, 0.05) is 57.5 Å². The molecule has 0 bridgehead atoms. The molecule has 6 nitrogen and oxygen atoms in total. The maximum atomic E-state index is 12.3. The third-order valence-corrected chi connectivity index (χ3v) is 5.02. The van der Waals surface area contributed by atoms with Gasteiger partial charge in [0.1, 0.15) is 0 Å². The molecule has 1 fully saturated rings. The SMILES string of the molecule is CC(=O)N1CCN(C(=O)CCc2nc(-c3ccccn3)cs2)CC1. The van der Waals surface area contributed by atoms with Gasteiger partial charge in [0.2, 0.25) is 11.8 Å². The van der Waals surface area contributed by atoms with E-state index in [0.717, 1.165) is 16.4 Å². The molecule has 7 heteroatoms. The van der Waals surface area contributed by atoms with Gasteiger partial charge in [-0.15, -0.1) is 11.3 Å². The number of carbonyl (C=O) groups excluding carboxylic acids is 2. The van der Waals surface area contributed by atoms with E-state index in [2.05, 4.69) is 9.97 Å². The number of hydrogen-bond donors (Lipinski definition) is 0. The Kier molecular flexibility index (Phi) is 5.20. The zero-order valence-electron chi connectivity index (χ0n) is 13.6. The van der Waals surface area contributed by atoms with Crippen molar-refractivity contribution in [1.82, 2.24) is 19.8 Å². The van der Waals surface area contributed by atoms with Gasteiger partial charge < -0.3 is 9.80 Å². The van der Waals surface area contributed by atoms with Crippen LogP contribution < -0.4 is 0 Å². The minimum atomic E-state index is 0.0759. The first kappa shape index (κ1) is 16.6. The van der Waals surface area contributed by atoms with E-state index in [9.17, 15) is 9.59 Å². The van der Waals surface area contributed by atoms with Crippen LogP contribution in [-0.2, 0) is 16.0 Å². The topological polar surface area (TPSA) is 66.4 Å². The van der Waals surface area contributed by atoms with E-state index in [1.165, 1.54) is 0 Å². The van der Waals surface area contributed by atoms with Crippen molar-refractivity contribution in [2.45, 2.75) is 19.8 Å². The fraction of sp³-hybridized carbons (Fsp3) is 0.412. The molecule has 3 rings (SSSR count). The van der Waals surface area contributed by atoms with Gasteiger partial charge in [0.05, 0.1) is 16.4 Å². The van der Waals surface area contributed by atoms with E-state index in [0.29, 0.717) is 39.0 Å². The number of pyridine rings is 1. The summed E-state index contributed by atoms with van der Waals surface area (Å²) in [5, 5.41) is 2.93. The summed E-state index contributed by atoms with van der Waals surface area (Å²) in [6.07, 6.45) is 2.84. The molecule has 0 aliphatic carbocycles. The van der Waals surface area contributed by atoms with Crippen LogP contribution in [0.2, 0.25) is 0 Å². The van der Waals surface area contributed by atoms with E-state index < -0.39 is 0 Å². The zero-order valence-corrected chi connectivity index (χ0v) is 14.5. The molecule has 3 heterocycles. The van der Waals surface area contributed by atoms with Gasteiger partial charge in [-0.1, -0.05) is 6.07 Å². The Bertz CT molecular complexity index is 708. The molecule has 0 unspecified atom stereocenters. The Morgan fingerprint density at radius 2 is 1.88 bits per heavy atom. The molecule has 2 amide bonds. The summed E-state index contributed by atoms with van der Waals surface area (Å²) in [7, 11) is 0. The van der Waals surface area contributed by atoms with Crippen molar-refractivity contribution < 1.29 is 9.59 Å². The highest BCUT2D eigenvalue weighted by Gasteiger charge is 2.22. The van der Waals surface area contributed by atoms with Gasteiger partial charge in [-0.3, -0.25) is 14.6 Å². The van der Waals surface area contributed by atoms with E-state index in [1.807, 2.05) is 28.5 Å². The summed E-state index contributed by atoms with van der Waals surface area (Å²) in [5.74, 6) is 0.208. The van der Waals surface area contributed by atoms with Crippen molar-refractivity contribution in [3.8, 4) is 11.4 Å². The Morgan fingerprint density at radius 3 is 2.54 bits per heavy atom. The second kappa shape index (κ2) is 7.53. The van der Waals surface area contributed by atoms with E-state index in [-0.39, 0.29) is 11.8 Å². The summed E-state index contributed by atoms with van der Waals surface area (Å²) in [6.45, 7) is 4.06. The second-order valence-corrected chi connectivity index (χ2v) is 6.67. The lowest BCUT2D eigenvalue weighted by molar-refractivity contribution is -0.138. The predicted octanol–water partition coefficient (Wildman–Crippen LogP) is 1.83. The highest BCUT2D eigenvalue weighted by Crippen LogP contribution is 2.20. The van der Waals surface area contributed by atoms with E-state index >= 15 is 0 Å². The number of carbonyl (C=O) groups is 2. The molecular formula is C17H20N4O2S. The summed E-state index contributed by atoms with van der Waals surface area (Å²) < 4.78 is 0. The third-order valence-electron chi connectivity index (χ3n) is 4.11. The lowest BCUT2D eigenvalue weighted by Crippen LogP contribution is -2.50. The van der Waals surface area contributed by atoms with Crippen LogP contribution in [-0.4, -0.2) is 57.8 Å². The van der Waals surface area contributed by atoms with Crippen LogP contribution in [0.4, 0.5) is 0 Å². The van der Waals surface area contributed by atoms with Crippen molar-refractivity contribution >= 4 is 23.2 Å². The minimum Gasteiger partial charge on any atom is -0.339 e. The van der Waals surface area contributed by atoms with Gasteiger partial charge in [-0.05, 0) is 12.1 Å². The Morgan fingerprint density at radius 1 is 1.12 bits per heavy atom.